The Labute approximate surface area is 153 Å². The third kappa shape index (κ3) is 5.77. The van der Waals surface area contributed by atoms with E-state index in [1.54, 1.807) is 7.11 Å². The Hall–Kier alpha value is -2.02. The van der Waals surface area contributed by atoms with Gasteiger partial charge in [-0.1, -0.05) is 75.2 Å². The molecule has 0 bridgehead atoms. The normalized spacial score (nSPS) is 11.2. The fourth-order valence-corrected chi connectivity index (χ4v) is 3.28. The maximum Gasteiger partial charge on any atom is 0.122 e. The van der Waals surface area contributed by atoms with Gasteiger partial charge in [0.25, 0.3) is 0 Å². The first-order valence-corrected chi connectivity index (χ1v) is 9.69. The van der Waals surface area contributed by atoms with Crippen LogP contribution in [-0.4, -0.2) is 7.11 Å². The average Bonchev–Trinajstić information content (AvgIpc) is 2.66. The molecule has 1 heteroatoms. The second-order valence-electron chi connectivity index (χ2n) is 6.61. The van der Waals surface area contributed by atoms with Gasteiger partial charge in [-0.2, -0.15) is 0 Å². The minimum atomic E-state index is 0.928. The van der Waals surface area contributed by atoms with Crippen LogP contribution in [0.3, 0.4) is 0 Å². The number of hydrogen-bond acceptors (Lipinski definition) is 1. The Morgan fingerprint density at radius 1 is 0.840 bits per heavy atom. The summed E-state index contributed by atoms with van der Waals surface area (Å²) in [6.07, 6.45) is 12.7. The van der Waals surface area contributed by atoms with Crippen LogP contribution < -0.4 is 4.74 Å². The summed E-state index contributed by atoms with van der Waals surface area (Å²) in [4.78, 5) is 0. The first-order chi connectivity index (χ1) is 12.3. The minimum Gasteiger partial charge on any atom is -0.496 e. The molecule has 0 saturated heterocycles. The van der Waals surface area contributed by atoms with E-state index in [-0.39, 0.29) is 0 Å². The number of benzene rings is 2. The lowest BCUT2D eigenvalue weighted by Crippen LogP contribution is -2.03. The van der Waals surface area contributed by atoms with Gasteiger partial charge in [0, 0.05) is 5.56 Å². The van der Waals surface area contributed by atoms with Gasteiger partial charge in [-0.05, 0) is 54.9 Å². The molecule has 0 saturated carbocycles. The Balaban J connectivity index is 2.29. The van der Waals surface area contributed by atoms with Crippen LogP contribution in [0, 0.1) is 0 Å². The van der Waals surface area contributed by atoms with E-state index >= 15 is 0 Å². The molecule has 0 aliphatic rings. The number of aryl methyl sites for hydroxylation is 1. The van der Waals surface area contributed by atoms with Gasteiger partial charge in [-0.3, -0.25) is 0 Å². The zero-order chi connectivity index (χ0) is 17.9. The van der Waals surface area contributed by atoms with Crippen molar-refractivity contribution in [2.75, 3.05) is 7.11 Å². The van der Waals surface area contributed by atoms with E-state index in [1.165, 1.54) is 54.4 Å². The average molecular weight is 337 g/mol. The minimum absolute atomic E-state index is 0.928. The van der Waals surface area contributed by atoms with Gasteiger partial charge in [-0.25, -0.2) is 0 Å². The van der Waals surface area contributed by atoms with Crippen molar-refractivity contribution in [1.29, 1.82) is 0 Å². The first kappa shape index (κ1) is 19.3. The fraction of sp³-hybridized carbons (Fsp3) is 0.417. The number of rotatable bonds is 10. The van der Waals surface area contributed by atoms with Crippen molar-refractivity contribution in [2.24, 2.45) is 0 Å². The molecule has 0 amide bonds. The summed E-state index contributed by atoms with van der Waals surface area (Å²) < 4.78 is 5.69. The zero-order valence-corrected chi connectivity index (χ0v) is 16.1. The van der Waals surface area contributed by atoms with Gasteiger partial charge in [0.2, 0.25) is 0 Å². The molecule has 0 aromatic heterocycles. The first-order valence-electron chi connectivity index (χ1n) is 9.69. The molecule has 2 rings (SSSR count). The largest absolute Gasteiger partial charge is 0.496 e. The molecule has 0 atom stereocenters. The van der Waals surface area contributed by atoms with Crippen molar-refractivity contribution in [3.63, 3.8) is 0 Å². The molecule has 0 aliphatic carbocycles. The highest BCUT2D eigenvalue weighted by molar-refractivity contribution is 5.52. The molecule has 2 aromatic rings. The molecule has 25 heavy (non-hydrogen) atoms. The van der Waals surface area contributed by atoms with E-state index < -0.39 is 0 Å². The standard InChI is InChI=1S/C24H32O/c1-4-6-15-21-18-19-24(25-3)23(22(21)16-7-5-2)17-11-14-20-12-9-8-10-13-20/h8-14,18-19H,4-7,15-17H2,1-3H3. The van der Waals surface area contributed by atoms with Crippen molar-refractivity contribution in [3.05, 3.63) is 70.8 Å². The van der Waals surface area contributed by atoms with Crippen molar-refractivity contribution < 1.29 is 4.74 Å². The topological polar surface area (TPSA) is 9.23 Å². The number of allylic oxidation sites excluding steroid dienone is 1. The molecule has 0 aliphatic heterocycles. The van der Waals surface area contributed by atoms with Gasteiger partial charge < -0.3 is 4.74 Å². The lowest BCUT2D eigenvalue weighted by atomic mass is 9.91. The molecule has 0 unspecified atom stereocenters. The summed E-state index contributed by atoms with van der Waals surface area (Å²) in [5, 5.41) is 0. The maximum absolute atomic E-state index is 5.69. The third-order valence-electron chi connectivity index (χ3n) is 4.72. The quantitative estimate of drug-likeness (QED) is 0.473. The SMILES string of the molecule is CCCCc1ccc(OC)c(CC=Cc2ccccc2)c1CCCC. The molecule has 2 aromatic carbocycles. The summed E-state index contributed by atoms with van der Waals surface area (Å²) >= 11 is 0. The second kappa shape index (κ2) is 10.8. The van der Waals surface area contributed by atoms with E-state index in [0.717, 1.165) is 18.6 Å². The molecule has 0 fully saturated rings. The molecule has 0 radical (unpaired) electrons. The highest BCUT2D eigenvalue weighted by Crippen LogP contribution is 2.29. The van der Waals surface area contributed by atoms with E-state index in [2.05, 4.69) is 68.5 Å². The van der Waals surface area contributed by atoms with Gasteiger partial charge in [0.05, 0.1) is 7.11 Å². The van der Waals surface area contributed by atoms with Crippen molar-refractivity contribution in [2.45, 2.75) is 58.8 Å². The summed E-state index contributed by atoms with van der Waals surface area (Å²) in [6.45, 7) is 4.53. The number of unbranched alkanes of at least 4 members (excludes halogenated alkanes) is 2. The van der Waals surface area contributed by atoms with E-state index in [1.807, 2.05) is 0 Å². The number of hydrogen-bond donors (Lipinski definition) is 0. The summed E-state index contributed by atoms with van der Waals surface area (Å²) in [5.41, 5.74) is 5.65. The molecule has 0 spiro atoms. The molecule has 1 nitrogen and oxygen atoms in total. The lowest BCUT2D eigenvalue weighted by Gasteiger charge is -2.17. The van der Waals surface area contributed by atoms with Gasteiger partial charge in [-0.15, -0.1) is 0 Å². The molecule has 0 heterocycles. The van der Waals surface area contributed by atoms with Crippen molar-refractivity contribution >= 4 is 6.08 Å². The third-order valence-corrected chi connectivity index (χ3v) is 4.72. The summed E-state index contributed by atoms with van der Waals surface area (Å²) in [5.74, 6) is 1.03. The zero-order valence-electron chi connectivity index (χ0n) is 16.1. The smallest absolute Gasteiger partial charge is 0.122 e. The van der Waals surface area contributed by atoms with E-state index in [4.69, 9.17) is 4.74 Å². The van der Waals surface area contributed by atoms with Crippen LogP contribution >= 0.6 is 0 Å². The maximum atomic E-state index is 5.69. The van der Waals surface area contributed by atoms with Crippen LogP contribution in [0.2, 0.25) is 0 Å². The predicted octanol–water partition coefficient (Wildman–Crippen LogP) is 6.64. The van der Waals surface area contributed by atoms with Gasteiger partial charge >= 0.3 is 0 Å². The second-order valence-corrected chi connectivity index (χ2v) is 6.61. The Morgan fingerprint density at radius 3 is 2.24 bits per heavy atom. The highest BCUT2D eigenvalue weighted by Gasteiger charge is 2.12. The molecular weight excluding hydrogens is 304 g/mol. The molecule has 0 N–H and O–H groups in total. The van der Waals surface area contributed by atoms with Gasteiger partial charge in [0.1, 0.15) is 5.75 Å². The predicted molar refractivity (Wildman–Crippen MR) is 109 cm³/mol. The Kier molecular flexibility index (Phi) is 8.31. The Bertz CT molecular complexity index is 655. The molecular formula is C24H32O. The van der Waals surface area contributed by atoms with E-state index in [9.17, 15) is 0 Å². The van der Waals surface area contributed by atoms with Crippen molar-refractivity contribution in [1.82, 2.24) is 0 Å². The lowest BCUT2D eigenvalue weighted by molar-refractivity contribution is 0.409. The van der Waals surface area contributed by atoms with E-state index in [0.29, 0.717) is 0 Å². The number of methoxy groups -OCH3 is 1. The van der Waals surface area contributed by atoms with Gasteiger partial charge in [0.15, 0.2) is 0 Å². The fourth-order valence-electron chi connectivity index (χ4n) is 3.28. The Morgan fingerprint density at radius 2 is 1.56 bits per heavy atom. The van der Waals surface area contributed by atoms with Crippen LogP contribution in [0.4, 0.5) is 0 Å². The summed E-state index contributed by atoms with van der Waals surface area (Å²) in [6, 6.07) is 14.9. The van der Waals surface area contributed by atoms with Crippen LogP contribution in [-0.2, 0) is 19.3 Å². The highest BCUT2D eigenvalue weighted by atomic mass is 16.5. The van der Waals surface area contributed by atoms with Crippen LogP contribution in [0.25, 0.3) is 6.08 Å². The van der Waals surface area contributed by atoms with Crippen LogP contribution in [0.15, 0.2) is 48.5 Å². The summed E-state index contributed by atoms with van der Waals surface area (Å²) in [7, 11) is 1.79. The number of ether oxygens (including phenoxy) is 1. The molecule has 134 valence electrons. The monoisotopic (exact) mass is 336 g/mol. The van der Waals surface area contributed by atoms with Crippen LogP contribution in [0.1, 0.15) is 61.8 Å². The van der Waals surface area contributed by atoms with Crippen molar-refractivity contribution in [3.8, 4) is 5.75 Å². The van der Waals surface area contributed by atoms with Crippen LogP contribution in [0.5, 0.6) is 5.75 Å².